The van der Waals surface area contributed by atoms with Crippen molar-refractivity contribution in [1.82, 2.24) is 10.2 Å². The zero-order valence-electron chi connectivity index (χ0n) is 9.27. The number of hydrogen-bond donors (Lipinski definition) is 2. The molecule has 88 valence electrons. The first-order valence-corrected chi connectivity index (χ1v) is 5.62. The number of H-pyrrole nitrogens is 1. The number of carbonyl (C=O) groups is 1. The molecule has 0 fully saturated rings. The van der Waals surface area contributed by atoms with E-state index in [1.807, 2.05) is 37.3 Å². The Labute approximate surface area is 104 Å². The Morgan fingerprint density at radius 3 is 2.71 bits per heavy atom. The fourth-order valence-electron chi connectivity index (χ4n) is 1.45. The third-order valence-corrected chi connectivity index (χ3v) is 2.73. The number of aryl methyl sites for hydroxylation is 1. The van der Waals surface area contributed by atoms with Crippen molar-refractivity contribution in [3.8, 4) is 0 Å². The van der Waals surface area contributed by atoms with Crippen LogP contribution in [0.1, 0.15) is 16.6 Å². The summed E-state index contributed by atoms with van der Waals surface area (Å²) < 4.78 is 0. The van der Waals surface area contributed by atoms with Gasteiger partial charge in [0.2, 0.25) is 5.91 Å². The van der Waals surface area contributed by atoms with Crippen molar-refractivity contribution in [1.29, 1.82) is 0 Å². The summed E-state index contributed by atoms with van der Waals surface area (Å²) in [5.41, 5.74) is 1.64. The average molecular weight is 250 g/mol. The number of carbonyl (C=O) groups excluding carboxylic acids is 1. The first-order valence-electron chi connectivity index (χ1n) is 5.18. The number of halogens is 1. The Morgan fingerprint density at radius 1 is 1.41 bits per heavy atom. The summed E-state index contributed by atoms with van der Waals surface area (Å²) in [7, 11) is 0. The van der Waals surface area contributed by atoms with Crippen LogP contribution in [0.2, 0.25) is 0 Å². The van der Waals surface area contributed by atoms with Gasteiger partial charge in [0, 0.05) is 11.8 Å². The maximum absolute atomic E-state index is 11.8. The van der Waals surface area contributed by atoms with Crippen LogP contribution in [0.4, 0.5) is 5.82 Å². The molecule has 0 aliphatic rings. The number of nitrogens with zero attached hydrogens (tertiary/aromatic N) is 1. The number of rotatable bonds is 3. The zero-order valence-corrected chi connectivity index (χ0v) is 10.0. The molecular weight excluding hydrogens is 238 g/mol. The SMILES string of the molecule is Cc1cc(NC(=O)C(Cl)c2ccccc2)n[nH]1. The lowest BCUT2D eigenvalue weighted by Crippen LogP contribution is -2.17. The molecule has 0 aliphatic carbocycles. The molecule has 0 bridgehead atoms. The van der Waals surface area contributed by atoms with Crippen LogP contribution in [0.25, 0.3) is 0 Å². The molecule has 0 radical (unpaired) electrons. The summed E-state index contributed by atoms with van der Waals surface area (Å²) in [5.74, 6) is 0.193. The van der Waals surface area contributed by atoms with Gasteiger partial charge >= 0.3 is 0 Å². The summed E-state index contributed by atoms with van der Waals surface area (Å²) in [5, 5.41) is 8.59. The topological polar surface area (TPSA) is 57.8 Å². The van der Waals surface area contributed by atoms with Gasteiger partial charge in [0.15, 0.2) is 5.82 Å². The third-order valence-electron chi connectivity index (χ3n) is 2.28. The van der Waals surface area contributed by atoms with Gasteiger partial charge in [-0.3, -0.25) is 9.89 Å². The summed E-state index contributed by atoms with van der Waals surface area (Å²) in [6, 6.07) is 10.9. The van der Waals surface area contributed by atoms with Crippen LogP contribution in [0.15, 0.2) is 36.4 Å². The van der Waals surface area contributed by atoms with Crippen LogP contribution < -0.4 is 5.32 Å². The third kappa shape index (κ3) is 2.85. The van der Waals surface area contributed by atoms with Crippen molar-refractivity contribution in [3.05, 3.63) is 47.7 Å². The summed E-state index contributed by atoms with van der Waals surface area (Å²) in [4.78, 5) is 11.8. The van der Waals surface area contributed by atoms with Crippen molar-refractivity contribution in [3.63, 3.8) is 0 Å². The van der Waals surface area contributed by atoms with Crippen LogP contribution in [-0.2, 0) is 4.79 Å². The highest BCUT2D eigenvalue weighted by Gasteiger charge is 2.17. The first-order chi connectivity index (χ1) is 8.16. The molecule has 0 aliphatic heterocycles. The molecule has 0 saturated heterocycles. The molecule has 2 rings (SSSR count). The standard InChI is InChI=1S/C12H12ClN3O/c1-8-7-10(16-15-8)14-12(17)11(13)9-5-3-2-4-6-9/h2-7,11H,1H3,(H2,14,15,16,17). The van der Waals surface area contributed by atoms with E-state index in [2.05, 4.69) is 15.5 Å². The van der Waals surface area contributed by atoms with E-state index in [-0.39, 0.29) is 5.91 Å². The predicted octanol–water partition coefficient (Wildman–Crippen LogP) is 2.64. The van der Waals surface area contributed by atoms with E-state index in [0.29, 0.717) is 5.82 Å². The number of aromatic nitrogens is 2. The molecule has 1 aromatic carbocycles. The summed E-state index contributed by atoms with van der Waals surface area (Å²) >= 11 is 6.06. The Kier molecular flexibility index (Phi) is 3.44. The van der Waals surface area contributed by atoms with Gasteiger partial charge in [-0.2, -0.15) is 5.10 Å². The monoisotopic (exact) mass is 249 g/mol. The van der Waals surface area contributed by atoms with Gasteiger partial charge in [-0.05, 0) is 12.5 Å². The summed E-state index contributed by atoms with van der Waals surface area (Å²) in [6.07, 6.45) is 0. The van der Waals surface area contributed by atoms with Crippen molar-refractivity contribution < 1.29 is 4.79 Å². The molecule has 1 amide bonds. The largest absolute Gasteiger partial charge is 0.308 e. The maximum atomic E-state index is 11.8. The van der Waals surface area contributed by atoms with Gasteiger partial charge < -0.3 is 5.32 Å². The second-order valence-electron chi connectivity index (χ2n) is 3.70. The van der Waals surface area contributed by atoms with Gasteiger partial charge in [0.05, 0.1) is 0 Å². The van der Waals surface area contributed by atoms with Crippen molar-refractivity contribution in [2.24, 2.45) is 0 Å². The number of amides is 1. The van der Waals surface area contributed by atoms with Crippen molar-refractivity contribution in [2.75, 3.05) is 5.32 Å². The second kappa shape index (κ2) is 5.01. The molecule has 4 nitrogen and oxygen atoms in total. The van der Waals surface area contributed by atoms with E-state index >= 15 is 0 Å². The quantitative estimate of drug-likeness (QED) is 0.822. The molecule has 1 heterocycles. The smallest absolute Gasteiger partial charge is 0.248 e. The van der Waals surface area contributed by atoms with Crippen molar-refractivity contribution in [2.45, 2.75) is 12.3 Å². The minimum Gasteiger partial charge on any atom is -0.308 e. The number of nitrogens with one attached hydrogen (secondary N) is 2. The predicted molar refractivity (Wildman–Crippen MR) is 67.0 cm³/mol. The molecule has 1 atom stereocenters. The molecule has 2 aromatic rings. The zero-order chi connectivity index (χ0) is 12.3. The first kappa shape index (κ1) is 11.7. The number of aromatic amines is 1. The normalized spacial score (nSPS) is 12.1. The van der Waals surface area contributed by atoms with Crippen molar-refractivity contribution >= 4 is 23.3 Å². The molecule has 1 aromatic heterocycles. The van der Waals surface area contributed by atoms with Gasteiger partial charge in [-0.25, -0.2) is 0 Å². The Hall–Kier alpha value is -1.81. The minimum absolute atomic E-state index is 0.288. The molecule has 0 spiro atoms. The Morgan fingerprint density at radius 2 is 2.12 bits per heavy atom. The Balaban J connectivity index is 2.06. The lowest BCUT2D eigenvalue weighted by molar-refractivity contribution is -0.116. The molecule has 1 unspecified atom stereocenters. The van der Waals surface area contributed by atoms with Crippen LogP contribution in [-0.4, -0.2) is 16.1 Å². The van der Waals surface area contributed by atoms with Gasteiger partial charge in [0.1, 0.15) is 5.38 Å². The molecule has 17 heavy (non-hydrogen) atoms. The van der Waals surface area contributed by atoms with Gasteiger partial charge in [0.25, 0.3) is 0 Å². The average Bonchev–Trinajstić information content (AvgIpc) is 2.75. The highest BCUT2D eigenvalue weighted by molar-refractivity contribution is 6.32. The van der Waals surface area contributed by atoms with Gasteiger partial charge in [-0.1, -0.05) is 30.3 Å². The number of anilines is 1. The van der Waals surface area contributed by atoms with Crippen LogP contribution in [0, 0.1) is 6.92 Å². The summed E-state index contributed by atoms with van der Waals surface area (Å²) in [6.45, 7) is 1.86. The molecule has 2 N–H and O–H groups in total. The van der Waals surface area contributed by atoms with E-state index in [9.17, 15) is 4.79 Å². The maximum Gasteiger partial charge on any atom is 0.248 e. The Bertz CT molecular complexity index is 509. The van der Waals surface area contributed by atoms with E-state index in [4.69, 9.17) is 11.6 Å². The van der Waals surface area contributed by atoms with E-state index in [0.717, 1.165) is 11.3 Å². The van der Waals surface area contributed by atoms with Crippen LogP contribution in [0.5, 0.6) is 0 Å². The molecule has 0 saturated carbocycles. The molecule has 5 heteroatoms. The lowest BCUT2D eigenvalue weighted by atomic mass is 10.1. The fraction of sp³-hybridized carbons (Fsp3) is 0.167. The van der Waals surface area contributed by atoms with Gasteiger partial charge in [-0.15, -0.1) is 11.6 Å². The highest BCUT2D eigenvalue weighted by atomic mass is 35.5. The second-order valence-corrected chi connectivity index (χ2v) is 4.14. The minimum atomic E-state index is -0.715. The molecular formula is C12H12ClN3O. The lowest BCUT2D eigenvalue weighted by Gasteiger charge is -2.08. The van der Waals surface area contributed by atoms with Crippen LogP contribution in [0.3, 0.4) is 0 Å². The fourth-order valence-corrected chi connectivity index (χ4v) is 1.65. The van der Waals surface area contributed by atoms with Crippen LogP contribution >= 0.6 is 11.6 Å². The number of alkyl halides is 1. The highest BCUT2D eigenvalue weighted by Crippen LogP contribution is 2.21. The number of hydrogen-bond acceptors (Lipinski definition) is 2. The van der Waals surface area contributed by atoms with E-state index in [1.165, 1.54) is 0 Å². The van der Waals surface area contributed by atoms with E-state index in [1.54, 1.807) is 6.07 Å². The van der Waals surface area contributed by atoms with E-state index < -0.39 is 5.38 Å². The number of benzene rings is 1.